The Bertz CT molecular complexity index is 502. The van der Waals surface area contributed by atoms with Gasteiger partial charge in [0, 0.05) is 36.4 Å². The molecule has 0 saturated carbocycles. The maximum absolute atomic E-state index is 12.4. The second-order valence-corrected chi connectivity index (χ2v) is 6.55. The Morgan fingerprint density at radius 3 is 2.48 bits per heavy atom. The molecule has 4 nitrogen and oxygen atoms in total. The predicted molar refractivity (Wildman–Crippen MR) is 84.8 cm³/mol. The van der Waals surface area contributed by atoms with Crippen molar-refractivity contribution in [2.45, 2.75) is 24.3 Å². The van der Waals surface area contributed by atoms with Crippen LogP contribution < -0.4 is 10.6 Å². The highest BCUT2D eigenvalue weighted by Crippen LogP contribution is 2.29. The van der Waals surface area contributed by atoms with Crippen LogP contribution in [-0.2, 0) is 10.9 Å². The molecule has 0 radical (unpaired) electrons. The predicted octanol–water partition coefficient (Wildman–Crippen LogP) is 3.74. The van der Waals surface area contributed by atoms with Gasteiger partial charge in [-0.25, -0.2) is 4.79 Å². The maximum Gasteiger partial charge on any atom is 0.416 e. The minimum atomic E-state index is -4.37. The smallest absolute Gasteiger partial charge is 0.381 e. The number of nitrogens with one attached hydrogen (secondary N) is 2. The summed E-state index contributed by atoms with van der Waals surface area (Å²) in [5.41, 5.74) is -0.413. The van der Waals surface area contributed by atoms with Crippen LogP contribution in [0.15, 0.2) is 24.3 Å². The van der Waals surface area contributed by atoms with E-state index in [0.717, 1.165) is 43.9 Å². The fourth-order valence-electron chi connectivity index (χ4n) is 2.15. The molecule has 128 valence electrons. The number of urea groups is 1. The molecule has 2 N–H and O–H groups in total. The average molecular weight is 348 g/mol. The van der Waals surface area contributed by atoms with E-state index in [9.17, 15) is 18.0 Å². The Kier molecular flexibility index (Phi) is 6.59. The monoisotopic (exact) mass is 348 g/mol. The summed E-state index contributed by atoms with van der Waals surface area (Å²) in [6.45, 7) is 2.09. The van der Waals surface area contributed by atoms with Gasteiger partial charge in [-0.2, -0.15) is 24.9 Å². The zero-order valence-corrected chi connectivity index (χ0v) is 13.3. The molecule has 2 rings (SSSR count). The number of halogens is 3. The van der Waals surface area contributed by atoms with E-state index in [0.29, 0.717) is 17.5 Å². The summed E-state index contributed by atoms with van der Waals surface area (Å²) in [7, 11) is 0. The minimum absolute atomic E-state index is 0.326. The number of ether oxygens (including phenoxy) is 1. The molecule has 0 unspecified atom stereocenters. The van der Waals surface area contributed by atoms with E-state index < -0.39 is 17.8 Å². The van der Waals surface area contributed by atoms with E-state index in [2.05, 4.69) is 10.6 Å². The quantitative estimate of drug-likeness (QED) is 0.797. The first kappa shape index (κ1) is 17.9. The van der Waals surface area contributed by atoms with Crippen molar-refractivity contribution in [2.24, 2.45) is 0 Å². The highest BCUT2D eigenvalue weighted by Gasteiger charge is 2.29. The number of anilines is 1. The van der Waals surface area contributed by atoms with Crippen molar-refractivity contribution in [3.8, 4) is 0 Å². The lowest BCUT2D eigenvalue weighted by atomic mass is 10.2. The summed E-state index contributed by atoms with van der Waals surface area (Å²) in [5, 5.41) is 5.78. The van der Waals surface area contributed by atoms with Gasteiger partial charge in [0.05, 0.1) is 5.56 Å². The van der Waals surface area contributed by atoms with Crippen molar-refractivity contribution in [3.63, 3.8) is 0 Å². The Morgan fingerprint density at radius 1 is 1.22 bits per heavy atom. The molecule has 1 heterocycles. The SMILES string of the molecule is O=C(NCCSC1CCOCC1)Nc1ccc(C(F)(F)F)cc1. The number of rotatable bonds is 5. The van der Waals surface area contributed by atoms with Crippen LogP contribution in [0.1, 0.15) is 18.4 Å². The molecule has 23 heavy (non-hydrogen) atoms. The molecule has 0 aromatic heterocycles. The number of hydrogen-bond donors (Lipinski definition) is 2. The van der Waals surface area contributed by atoms with Gasteiger partial charge in [-0.15, -0.1) is 0 Å². The normalized spacial score (nSPS) is 16.1. The number of hydrogen-bond acceptors (Lipinski definition) is 3. The third kappa shape index (κ3) is 6.31. The zero-order chi connectivity index (χ0) is 16.7. The molecular formula is C15H19F3N2O2S. The number of carbonyl (C=O) groups is 1. The van der Waals surface area contributed by atoms with Crippen molar-refractivity contribution in [1.29, 1.82) is 0 Å². The minimum Gasteiger partial charge on any atom is -0.381 e. The van der Waals surface area contributed by atoms with Crippen molar-refractivity contribution in [1.82, 2.24) is 5.32 Å². The first-order chi connectivity index (χ1) is 10.9. The Hall–Kier alpha value is -1.41. The van der Waals surface area contributed by atoms with E-state index in [4.69, 9.17) is 4.74 Å². The highest BCUT2D eigenvalue weighted by atomic mass is 32.2. The van der Waals surface area contributed by atoms with Gasteiger partial charge in [0.25, 0.3) is 0 Å². The first-order valence-electron chi connectivity index (χ1n) is 7.36. The van der Waals surface area contributed by atoms with Gasteiger partial charge in [0.1, 0.15) is 0 Å². The van der Waals surface area contributed by atoms with E-state index in [-0.39, 0.29) is 0 Å². The number of carbonyl (C=O) groups excluding carboxylic acids is 1. The van der Waals surface area contributed by atoms with Crippen molar-refractivity contribution in [3.05, 3.63) is 29.8 Å². The van der Waals surface area contributed by atoms with E-state index >= 15 is 0 Å². The number of thioether (sulfide) groups is 1. The fourth-order valence-corrected chi connectivity index (χ4v) is 3.23. The number of benzene rings is 1. The highest BCUT2D eigenvalue weighted by molar-refractivity contribution is 7.99. The maximum atomic E-state index is 12.4. The second kappa shape index (κ2) is 8.44. The zero-order valence-electron chi connectivity index (χ0n) is 12.5. The van der Waals surface area contributed by atoms with Gasteiger partial charge < -0.3 is 15.4 Å². The average Bonchev–Trinajstić information content (AvgIpc) is 2.52. The third-order valence-corrected chi connectivity index (χ3v) is 4.76. The van der Waals surface area contributed by atoms with Crippen LogP contribution in [0.25, 0.3) is 0 Å². The van der Waals surface area contributed by atoms with E-state index in [1.165, 1.54) is 12.1 Å². The van der Waals surface area contributed by atoms with Gasteiger partial charge in [-0.1, -0.05) is 0 Å². The van der Waals surface area contributed by atoms with Crippen molar-refractivity contribution < 1.29 is 22.7 Å². The summed E-state index contributed by atoms with van der Waals surface area (Å²) in [6, 6.07) is 3.93. The number of amides is 2. The molecule has 1 saturated heterocycles. The molecule has 2 amide bonds. The summed E-state index contributed by atoms with van der Waals surface area (Å²) >= 11 is 1.80. The number of alkyl halides is 3. The van der Waals surface area contributed by atoms with Crippen molar-refractivity contribution in [2.75, 3.05) is 30.8 Å². The molecule has 1 aromatic carbocycles. The van der Waals surface area contributed by atoms with Gasteiger partial charge in [0.2, 0.25) is 0 Å². The van der Waals surface area contributed by atoms with Crippen LogP contribution in [0.3, 0.4) is 0 Å². The third-order valence-electron chi connectivity index (χ3n) is 3.38. The lowest BCUT2D eigenvalue weighted by Gasteiger charge is -2.21. The first-order valence-corrected chi connectivity index (χ1v) is 8.41. The summed E-state index contributed by atoms with van der Waals surface area (Å²) in [6.07, 6.45) is -2.31. The van der Waals surface area contributed by atoms with Crippen LogP contribution in [0.4, 0.5) is 23.7 Å². The molecule has 1 aliphatic rings. The molecule has 1 aromatic rings. The van der Waals surface area contributed by atoms with Crippen LogP contribution in [0.2, 0.25) is 0 Å². The fraction of sp³-hybridized carbons (Fsp3) is 0.533. The summed E-state index contributed by atoms with van der Waals surface area (Å²) in [4.78, 5) is 11.7. The lowest BCUT2D eigenvalue weighted by Crippen LogP contribution is -2.31. The van der Waals surface area contributed by atoms with Gasteiger partial charge in [0.15, 0.2) is 0 Å². The molecule has 1 aliphatic heterocycles. The van der Waals surface area contributed by atoms with E-state index in [1.807, 2.05) is 0 Å². The molecule has 0 atom stereocenters. The Balaban J connectivity index is 1.66. The van der Waals surface area contributed by atoms with Crippen LogP contribution in [0, 0.1) is 0 Å². The van der Waals surface area contributed by atoms with Crippen LogP contribution in [-0.4, -0.2) is 36.8 Å². The van der Waals surface area contributed by atoms with Gasteiger partial charge in [-0.3, -0.25) is 0 Å². The Morgan fingerprint density at radius 2 is 1.87 bits per heavy atom. The summed E-state index contributed by atoms with van der Waals surface area (Å²) < 4.78 is 42.6. The van der Waals surface area contributed by atoms with Crippen molar-refractivity contribution >= 4 is 23.5 Å². The topological polar surface area (TPSA) is 50.4 Å². The molecule has 0 aliphatic carbocycles. The Labute approximate surface area is 137 Å². The van der Waals surface area contributed by atoms with Gasteiger partial charge in [-0.05, 0) is 37.1 Å². The standard InChI is InChI=1S/C15H19F3N2O2S/c16-15(17,18)11-1-3-12(4-2-11)20-14(21)19-7-10-23-13-5-8-22-9-6-13/h1-4,13H,5-10H2,(H2,19,20,21). The largest absolute Gasteiger partial charge is 0.416 e. The summed E-state index contributed by atoms with van der Waals surface area (Å²) in [5.74, 6) is 0.797. The molecular weight excluding hydrogens is 329 g/mol. The molecule has 1 fully saturated rings. The molecule has 8 heteroatoms. The molecule has 0 spiro atoms. The van der Waals surface area contributed by atoms with E-state index in [1.54, 1.807) is 11.8 Å². The lowest BCUT2D eigenvalue weighted by molar-refractivity contribution is -0.137. The van der Waals surface area contributed by atoms with Crippen LogP contribution >= 0.6 is 11.8 Å². The van der Waals surface area contributed by atoms with Gasteiger partial charge >= 0.3 is 12.2 Å². The second-order valence-electron chi connectivity index (χ2n) is 5.14. The molecule has 0 bridgehead atoms. The van der Waals surface area contributed by atoms with Crippen LogP contribution in [0.5, 0.6) is 0 Å².